The summed E-state index contributed by atoms with van der Waals surface area (Å²) in [5.41, 5.74) is 2.42. The molecule has 0 saturated heterocycles. The van der Waals surface area contributed by atoms with E-state index in [0.717, 1.165) is 17.7 Å². The molecule has 0 bridgehead atoms. The summed E-state index contributed by atoms with van der Waals surface area (Å²) in [6.07, 6.45) is 0.773. The van der Waals surface area contributed by atoms with Crippen LogP contribution in [0.1, 0.15) is 35.6 Å². The quantitative estimate of drug-likeness (QED) is 0.723. The normalized spacial score (nSPS) is 14.6. The molecule has 0 aromatic carbocycles. The van der Waals surface area contributed by atoms with Crippen molar-refractivity contribution in [1.82, 2.24) is 9.78 Å². The molecule has 1 aromatic heterocycles. The van der Waals surface area contributed by atoms with Crippen LogP contribution in [-0.4, -0.2) is 29.0 Å². The van der Waals surface area contributed by atoms with Gasteiger partial charge in [0.15, 0.2) is 5.69 Å². The number of carbonyl (C=O) groups is 1. The maximum atomic E-state index is 11.8. The monoisotopic (exact) mass is 224 g/mol. The highest BCUT2D eigenvalue weighted by atomic mass is 16.5. The molecule has 0 unspecified atom stereocenters. The van der Waals surface area contributed by atoms with Crippen LogP contribution >= 0.6 is 0 Å². The van der Waals surface area contributed by atoms with Crippen LogP contribution in [0.15, 0.2) is 0 Å². The zero-order valence-corrected chi connectivity index (χ0v) is 9.65. The highest BCUT2D eigenvalue weighted by molar-refractivity contribution is 5.89. The van der Waals surface area contributed by atoms with Crippen molar-refractivity contribution in [2.45, 2.75) is 33.4 Å². The van der Waals surface area contributed by atoms with Gasteiger partial charge in [-0.2, -0.15) is 5.10 Å². The van der Waals surface area contributed by atoms with Gasteiger partial charge in [0.25, 0.3) is 0 Å². The minimum atomic E-state index is -0.302. The molecule has 1 aromatic rings. The van der Waals surface area contributed by atoms with Crippen LogP contribution in [-0.2, 0) is 29.0 Å². The summed E-state index contributed by atoms with van der Waals surface area (Å²) in [6.45, 7) is 5.94. The third-order valence-corrected chi connectivity index (χ3v) is 2.63. The predicted octanol–water partition coefficient (Wildman–Crippen LogP) is 1.15. The predicted molar refractivity (Wildman–Crippen MR) is 57.2 cm³/mol. The molecule has 88 valence electrons. The van der Waals surface area contributed by atoms with E-state index in [4.69, 9.17) is 9.47 Å². The number of nitrogens with zero attached hydrogens (tertiary/aromatic N) is 2. The molecule has 0 atom stereocenters. The van der Waals surface area contributed by atoms with Crippen LogP contribution < -0.4 is 0 Å². The molecule has 0 spiro atoms. The maximum absolute atomic E-state index is 11.8. The Morgan fingerprint density at radius 1 is 1.56 bits per heavy atom. The summed E-state index contributed by atoms with van der Waals surface area (Å²) in [4.78, 5) is 11.8. The molecule has 16 heavy (non-hydrogen) atoms. The van der Waals surface area contributed by atoms with Gasteiger partial charge in [-0.3, -0.25) is 4.68 Å². The van der Waals surface area contributed by atoms with Gasteiger partial charge in [-0.1, -0.05) is 0 Å². The largest absolute Gasteiger partial charge is 0.461 e. The van der Waals surface area contributed by atoms with E-state index < -0.39 is 0 Å². The van der Waals surface area contributed by atoms with E-state index in [2.05, 4.69) is 5.10 Å². The van der Waals surface area contributed by atoms with Gasteiger partial charge in [-0.15, -0.1) is 0 Å². The first-order valence-electron chi connectivity index (χ1n) is 5.61. The zero-order valence-electron chi connectivity index (χ0n) is 9.65. The smallest absolute Gasteiger partial charge is 0.356 e. The molecule has 0 N–H and O–H groups in total. The Kier molecular flexibility index (Phi) is 3.24. The van der Waals surface area contributed by atoms with E-state index >= 15 is 0 Å². The van der Waals surface area contributed by atoms with Crippen LogP contribution in [0.2, 0.25) is 0 Å². The summed E-state index contributed by atoms with van der Waals surface area (Å²) in [5, 5.41) is 4.41. The Morgan fingerprint density at radius 3 is 3.06 bits per heavy atom. The minimum Gasteiger partial charge on any atom is -0.461 e. The maximum Gasteiger partial charge on any atom is 0.356 e. The lowest BCUT2D eigenvalue weighted by Crippen LogP contribution is -2.16. The van der Waals surface area contributed by atoms with Gasteiger partial charge in [0.1, 0.15) is 0 Å². The molecule has 0 fully saturated rings. The van der Waals surface area contributed by atoms with Gasteiger partial charge in [0.05, 0.1) is 25.5 Å². The van der Waals surface area contributed by atoms with Crippen LogP contribution in [0.25, 0.3) is 0 Å². The van der Waals surface area contributed by atoms with Gasteiger partial charge < -0.3 is 9.47 Å². The number of hydrogen-bond donors (Lipinski definition) is 0. The molecule has 0 radical (unpaired) electrons. The number of hydrogen-bond acceptors (Lipinski definition) is 4. The van der Waals surface area contributed by atoms with Crippen molar-refractivity contribution in [2.24, 2.45) is 0 Å². The van der Waals surface area contributed by atoms with Gasteiger partial charge >= 0.3 is 5.97 Å². The van der Waals surface area contributed by atoms with E-state index in [9.17, 15) is 4.79 Å². The molecule has 2 heterocycles. The zero-order chi connectivity index (χ0) is 11.5. The van der Waals surface area contributed by atoms with E-state index in [-0.39, 0.29) is 5.97 Å². The van der Waals surface area contributed by atoms with E-state index in [1.165, 1.54) is 0 Å². The Balaban J connectivity index is 2.40. The summed E-state index contributed by atoms with van der Waals surface area (Å²) in [7, 11) is 0. The fraction of sp³-hybridized carbons (Fsp3) is 0.636. The molecule has 5 heteroatoms. The second-order valence-corrected chi connectivity index (χ2v) is 3.61. The average Bonchev–Trinajstić information content (AvgIpc) is 2.67. The lowest BCUT2D eigenvalue weighted by Gasteiger charge is -2.11. The van der Waals surface area contributed by atoms with Crippen molar-refractivity contribution in [3.63, 3.8) is 0 Å². The van der Waals surface area contributed by atoms with E-state index in [0.29, 0.717) is 32.1 Å². The molecule has 0 amide bonds. The average molecular weight is 224 g/mol. The Hall–Kier alpha value is -1.36. The molecule has 1 aliphatic heterocycles. The van der Waals surface area contributed by atoms with Crippen molar-refractivity contribution in [2.75, 3.05) is 13.2 Å². The summed E-state index contributed by atoms with van der Waals surface area (Å²) in [5.74, 6) is -0.302. The minimum absolute atomic E-state index is 0.302. The van der Waals surface area contributed by atoms with Crippen molar-refractivity contribution < 1.29 is 14.3 Å². The first-order chi connectivity index (χ1) is 7.77. The number of esters is 1. The topological polar surface area (TPSA) is 53.3 Å². The molecule has 2 rings (SSSR count). The van der Waals surface area contributed by atoms with Crippen molar-refractivity contribution in [1.29, 1.82) is 0 Å². The molecule has 1 aliphatic rings. The Bertz CT molecular complexity index is 398. The summed E-state index contributed by atoms with van der Waals surface area (Å²) < 4.78 is 12.1. The summed E-state index contributed by atoms with van der Waals surface area (Å²) in [6, 6.07) is 0. The molecular formula is C11H16N2O3. The number of ether oxygens (including phenoxy) is 2. The van der Waals surface area contributed by atoms with Crippen molar-refractivity contribution >= 4 is 5.97 Å². The number of aryl methyl sites for hydroxylation is 1. The highest BCUT2D eigenvalue weighted by Crippen LogP contribution is 2.21. The third-order valence-electron chi connectivity index (χ3n) is 2.63. The number of rotatable bonds is 3. The lowest BCUT2D eigenvalue weighted by atomic mass is 10.1. The Morgan fingerprint density at radius 2 is 2.38 bits per heavy atom. The number of aromatic nitrogens is 2. The second kappa shape index (κ2) is 4.65. The molecule has 0 saturated carbocycles. The van der Waals surface area contributed by atoms with Crippen molar-refractivity contribution in [3.8, 4) is 0 Å². The van der Waals surface area contributed by atoms with E-state index in [1.807, 2.05) is 6.92 Å². The van der Waals surface area contributed by atoms with Crippen LogP contribution in [0.5, 0.6) is 0 Å². The van der Waals surface area contributed by atoms with E-state index in [1.54, 1.807) is 11.6 Å². The van der Waals surface area contributed by atoms with Crippen LogP contribution in [0, 0.1) is 0 Å². The molecular weight excluding hydrogens is 208 g/mol. The molecule has 0 aliphatic carbocycles. The third kappa shape index (κ3) is 1.82. The second-order valence-electron chi connectivity index (χ2n) is 3.61. The van der Waals surface area contributed by atoms with Crippen LogP contribution in [0.3, 0.4) is 0 Å². The van der Waals surface area contributed by atoms with Gasteiger partial charge in [-0.25, -0.2) is 4.79 Å². The SMILES string of the molecule is CCOC(=O)c1c2c(nn1CC)CCOC2. The molecule has 5 nitrogen and oxygen atoms in total. The fourth-order valence-electron chi connectivity index (χ4n) is 1.90. The van der Waals surface area contributed by atoms with Crippen LogP contribution in [0.4, 0.5) is 0 Å². The first kappa shape index (κ1) is 11.1. The summed E-state index contributed by atoms with van der Waals surface area (Å²) >= 11 is 0. The first-order valence-corrected chi connectivity index (χ1v) is 5.61. The number of fused-ring (bicyclic) bond motifs is 1. The van der Waals surface area contributed by atoms with Gasteiger partial charge in [0.2, 0.25) is 0 Å². The standard InChI is InChI=1S/C11H16N2O3/c1-3-13-10(11(14)16-4-2)8-7-15-6-5-9(8)12-13/h3-7H2,1-2H3. The lowest BCUT2D eigenvalue weighted by molar-refractivity contribution is 0.0502. The number of carbonyl (C=O) groups excluding carboxylic acids is 1. The van der Waals surface area contributed by atoms with Gasteiger partial charge in [0, 0.05) is 18.5 Å². The highest BCUT2D eigenvalue weighted by Gasteiger charge is 2.25. The van der Waals surface area contributed by atoms with Gasteiger partial charge in [-0.05, 0) is 13.8 Å². The fourth-order valence-corrected chi connectivity index (χ4v) is 1.90. The van der Waals surface area contributed by atoms with Crippen molar-refractivity contribution in [3.05, 3.63) is 17.0 Å². The Labute approximate surface area is 94.3 Å².